The third kappa shape index (κ3) is 3.13. The van der Waals surface area contributed by atoms with Crippen molar-refractivity contribution >= 4 is 46.5 Å². The monoisotopic (exact) mass is 456 g/mol. The van der Waals surface area contributed by atoms with Crippen molar-refractivity contribution in [2.75, 3.05) is 11.4 Å². The number of anilines is 1. The molecule has 160 valence electrons. The Hall–Kier alpha value is -2.21. The lowest BCUT2D eigenvalue weighted by Gasteiger charge is -2.28. The maximum Gasteiger partial charge on any atom is 0.239 e. The number of fused-ring (bicyclic) bond motifs is 3. The van der Waals surface area contributed by atoms with E-state index in [1.807, 2.05) is 32.0 Å². The largest absolute Gasteiger partial charge is 0.292 e. The Morgan fingerprint density at radius 2 is 1.65 bits per heavy atom. The summed E-state index contributed by atoms with van der Waals surface area (Å²) in [5, 5.41) is 0.706. The quantitative estimate of drug-likeness (QED) is 0.505. The molecular formula is C24H22Cl2N2O3. The summed E-state index contributed by atoms with van der Waals surface area (Å²) >= 11 is 12.3. The smallest absolute Gasteiger partial charge is 0.239 e. The van der Waals surface area contributed by atoms with Crippen LogP contribution in [0.15, 0.2) is 36.4 Å². The molecule has 0 aliphatic carbocycles. The van der Waals surface area contributed by atoms with Gasteiger partial charge >= 0.3 is 0 Å². The molecule has 0 aromatic heterocycles. The highest BCUT2D eigenvalue weighted by Gasteiger charge is 2.64. The van der Waals surface area contributed by atoms with Crippen LogP contribution < -0.4 is 4.90 Å². The fourth-order valence-electron chi connectivity index (χ4n) is 5.70. The summed E-state index contributed by atoms with van der Waals surface area (Å²) in [6.45, 7) is 4.58. The Morgan fingerprint density at radius 1 is 0.968 bits per heavy atom. The van der Waals surface area contributed by atoms with E-state index in [0.717, 1.165) is 24.0 Å². The van der Waals surface area contributed by atoms with Gasteiger partial charge in [0.05, 0.1) is 28.6 Å². The predicted octanol–water partition coefficient (Wildman–Crippen LogP) is 4.45. The molecule has 0 saturated carbocycles. The Kier molecular flexibility index (Phi) is 4.96. The van der Waals surface area contributed by atoms with Gasteiger partial charge in [-0.25, -0.2) is 4.90 Å². The number of ketones is 1. The molecule has 5 rings (SSSR count). The first kappa shape index (κ1) is 20.7. The molecule has 3 aliphatic heterocycles. The van der Waals surface area contributed by atoms with E-state index in [1.54, 1.807) is 12.1 Å². The van der Waals surface area contributed by atoms with Gasteiger partial charge in [-0.15, -0.1) is 0 Å². The first-order valence-electron chi connectivity index (χ1n) is 10.5. The third-order valence-electron chi connectivity index (χ3n) is 6.78. The molecule has 0 bridgehead atoms. The molecule has 4 unspecified atom stereocenters. The molecule has 2 amide bonds. The van der Waals surface area contributed by atoms with Crippen LogP contribution in [0.2, 0.25) is 10.0 Å². The Bertz CT molecular complexity index is 1110. The average Bonchev–Trinajstić information content (AvgIpc) is 3.32. The van der Waals surface area contributed by atoms with Crippen molar-refractivity contribution in [3.05, 3.63) is 63.1 Å². The van der Waals surface area contributed by atoms with Gasteiger partial charge in [-0.2, -0.15) is 0 Å². The first-order valence-corrected chi connectivity index (χ1v) is 11.2. The summed E-state index contributed by atoms with van der Waals surface area (Å²) in [6.07, 6.45) is 1.70. The van der Waals surface area contributed by atoms with Gasteiger partial charge in [-0.1, -0.05) is 29.3 Å². The Balaban J connectivity index is 1.57. The van der Waals surface area contributed by atoms with Gasteiger partial charge in [0.15, 0.2) is 5.78 Å². The van der Waals surface area contributed by atoms with E-state index in [9.17, 15) is 14.4 Å². The van der Waals surface area contributed by atoms with E-state index in [0.29, 0.717) is 22.8 Å². The number of benzene rings is 2. The molecule has 2 aromatic rings. The number of nitrogens with zero attached hydrogens (tertiary/aromatic N) is 2. The van der Waals surface area contributed by atoms with Gasteiger partial charge < -0.3 is 0 Å². The fourth-order valence-corrected chi connectivity index (χ4v) is 6.20. The summed E-state index contributed by atoms with van der Waals surface area (Å²) in [4.78, 5) is 44.1. The molecule has 31 heavy (non-hydrogen) atoms. The van der Waals surface area contributed by atoms with Crippen molar-refractivity contribution < 1.29 is 14.4 Å². The van der Waals surface area contributed by atoms with E-state index < -0.39 is 17.9 Å². The lowest BCUT2D eigenvalue weighted by Crippen LogP contribution is -2.46. The van der Waals surface area contributed by atoms with Crippen LogP contribution in [0, 0.1) is 25.7 Å². The van der Waals surface area contributed by atoms with Crippen LogP contribution in [-0.4, -0.2) is 41.1 Å². The summed E-state index contributed by atoms with van der Waals surface area (Å²) in [6, 6.07) is 9.68. The number of amides is 2. The van der Waals surface area contributed by atoms with Gasteiger partial charge in [0.2, 0.25) is 11.8 Å². The molecule has 7 heteroatoms. The number of imide groups is 1. The topological polar surface area (TPSA) is 57.7 Å². The number of hydrogen-bond donors (Lipinski definition) is 0. The maximum absolute atomic E-state index is 13.6. The second-order valence-electron chi connectivity index (χ2n) is 8.79. The summed E-state index contributed by atoms with van der Waals surface area (Å²) < 4.78 is 0. The fraction of sp³-hybridized carbons (Fsp3) is 0.375. The molecule has 0 N–H and O–H groups in total. The minimum Gasteiger partial charge on any atom is -0.292 e. The highest BCUT2D eigenvalue weighted by atomic mass is 35.5. The molecular weight excluding hydrogens is 435 g/mol. The zero-order chi connectivity index (χ0) is 22.0. The van der Waals surface area contributed by atoms with Crippen molar-refractivity contribution in [3.8, 4) is 0 Å². The average molecular weight is 457 g/mol. The lowest BCUT2D eigenvalue weighted by molar-refractivity contribution is -0.123. The standard InChI is InChI=1S/C24H22Cl2N2O3/c1-12-8-13(2)10-15(9-12)28-23(30)19-18-4-3-7-27(18)21(20(19)24(28)31)22(29)16-6-5-14(25)11-17(16)26/h5-6,8-11,18-21H,3-4,7H2,1-2H3. The van der Waals surface area contributed by atoms with E-state index in [-0.39, 0.29) is 28.7 Å². The SMILES string of the molecule is Cc1cc(C)cc(N2C(=O)C3C(C2=O)C(C(=O)c2ccc(Cl)cc2Cl)N2CCCC32)c1. The molecule has 5 nitrogen and oxygen atoms in total. The number of carbonyl (C=O) groups excluding carboxylic acids is 3. The van der Waals surface area contributed by atoms with Crippen LogP contribution in [-0.2, 0) is 9.59 Å². The number of carbonyl (C=O) groups is 3. The van der Waals surface area contributed by atoms with Crippen molar-refractivity contribution in [1.82, 2.24) is 4.90 Å². The van der Waals surface area contributed by atoms with Crippen LogP contribution in [0.25, 0.3) is 0 Å². The molecule has 3 saturated heterocycles. The number of hydrogen-bond acceptors (Lipinski definition) is 4. The minimum absolute atomic E-state index is 0.0996. The number of Topliss-reactive ketones (excluding diaryl/α,β-unsaturated/α-hetero) is 1. The van der Waals surface area contributed by atoms with Gasteiger partial charge in [0.25, 0.3) is 0 Å². The van der Waals surface area contributed by atoms with Crippen LogP contribution in [0.5, 0.6) is 0 Å². The molecule has 0 radical (unpaired) electrons. The molecule has 0 spiro atoms. The van der Waals surface area contributed by atoms with Crippen molar-refractivity contribution in [2.45, 2.75) is 38.8 Å². The lowest BCUT2D eigenvalue weighted by atomic mass is 9.85. The van der Waals surface area contributed by atoms with Crippen LogP contribution in [0.4, 0.5) is 5.69 Å². The van der Waals surface area contributed by atoms with E-state index >= 15 is 0 Å². The van der Waals surface area contributed by atoms with E-state index in [4.69, 9.17) is 23.2 Å². The molecule has 3 heterocycles. The number of rotatable bonds is 3. The van der Waals surface area contributed by atoms with Gasteiger partial charge in [-0.3, -0.25) is 19.3 Å². The van der Waals surface area contributed by atoms with Crippen molar-refractivity contribution in [1.29, 1.82) is 0 Å². The zero-order valence-electron chi connectivity index (χ0n) is 17.3. The third-order valence-corrected chi connectivity index (χ3v) is 7.33. The van der Waals surface area contributed by atoms with Gasteiger partial charge in [-0.05, 0) is 74.7 Å². The van der Waals surface area contributed by atoms with Crippen LogP contribution in [0.1, 0.15) is 34.3 Å². The summed E-state index contributed by atoms with van der Waals surface area (Å²) in [7, 11) is 0. The molecule has 4 atom stereocenters. The van der Waals surface area contributed by atoms with E-state index in [1.165, 1.54) is 11.0 Å². The normalized spacial score (nSPS) is 27.7. The molecule has 3 aliphatic rings. The van der Waals surface area contributed by atoms with Crippen molar-refractivity contribution in [2.24, 2.45) is 11.8 Å². The predicted molar refractivity (Wildman–Crippen MR) is 120 cm³/mol. The maximum atomic E-state index is 13.6. The van der Waals surface area contributed by atoms with Gasteiger partial charge in [0.1, 0.15) is 0 Å². The minimum atomic E-state index is -0.696. The Morgan fingerprint density at radius 3 is 2.32 bits per heavy atom. The molecule has 3 fully saturated rings. The second kappa shape index (κ2) is 7.44. The van der Waals surface area contributed by atoms with Crippen LogP contribution in [0.3, 0.4) is 0 Å². The van der Waals surface area contributed by atoms with E-state index in [2.05, 4.69) is 4.90 Å². The highest BCUT2D eigenvalue weighted by Crippen LogP contribution is 2.49. The molecule has 2 aromatic carbocycles. The number of aryl methyl sites for hydroxylation is 2. The van der Waals surface area contributed by atoms with Crippen molar-refractivity contribution in [3.63, 3.8) is 0 Å². The summed E-state index contributed by atoms with van der Waals surface area (Å²) in [5.41, 5.74) is 2.89. The van der Waals surface area contributed by atoms with Crippen LogP contribution >= 0.6 is 23.2 Å². The second-order valence-corrected chi connectivity index (χ2v) is 9.63. The zero-order valence-corrected chi connectivity index (χ0v) is 18.8. The van der Waals surface area contributed by atoms with Gasteiger partial charge in [0, 0.05) is 16.6 Å². The Labute approximate surface area is 190 Å². The number of halogens is 2. The first-order chi connectivity index (χ1) is 14.8. The highest BCUT2D eigenvalue weighted by molar-refractivity contribution is 6.37. The summed E-state index contributed by atoms with van der Waals surface area (Å²) in [5.74, 6) is -1.91.